The summed E-state index contributed by atoms with van der Waals surface area (Å²) in [4.78, 5) is 14.5. The number of amides is 1. The molecule has 0 atom stereocenters. The third-order valence-corrected chi connectivity index (χ3v) is 4.43. The lowest BCUT2D eigenvalue weighted by Crippen LogP contribution is -2.35. The van der Waals surface area contributed by atoms with Crippen LogP contribution < -0.4 is 4.74 Å². The van der Waals surface area contributed by atoms with Gasteiger partial charge in [0.1, 0.15) is 0 Å². The topological polar surface area (TPSA) is 29.5 Å². The van der Waals surface area contributed by atoms with Gasteiger partial charge in [0, 0.05) is 18.7 Å². The molecule has 3 rings (SSSR count). The monoisotopic (exact) mass is 335 g/mol. The van der Waals surface area contributed by atoms with Gasteiger partial charge in [-0.15, -0.1) is 0 Å². The first-order valence-corrected chi connectivity index (χ1v) is 7.75. The van der Waals surface area contributed by atoms with Gasteiger partial charge in [-0.05, 0) is 29.7 Å². The predicted molar refractivity (Wildman–Crippen MR) is 87.9 cm³/mol. The number of rotatable bonds is 2. The lowest BCUT2D eigenvalue weighted by Gasteiger charge is -2.29. The summed E-state index contributed by atoms with van der Waals surface area (Å²) >= 11 is 12.2. The maximum absolute atomic E-state index is 12.7. The molecule has 0 aliphatic carbocycles. The molecule has 0 N–H and O–H groups in total. The Labute approximate surface area is 139 Å². The minimum atomic E-state index is -0.0686. The van der Waals surface area contributed by atoms with Gasteiger partial charge in [-0.2, -0.15) is 0 Å². The van der Waals surface area contributed by atoms with Crippen molar-refractivity contribution in [1.29, 1.82) is 0 Å². The lowest BCUT2D eigenvalue weighted by atomic mass is 9.99. The molecule has 0 bridgehead atoms. The van der Waals surface area contributed by atoms with E-state index in [-0.39, 0.29) is 5.91 Å². The van der Waals surface area contributed by atoms with Crippen molar-refractivity contribution in [2.24, 2.45) is 0 Å². The van der Waals surface area contributed by atoms with E-state index in [9.17, 15) is 4.79 Å². The highest BCUT2D eigenvalue weighted by Crippen LogP contribution is 2.34. The average Bonchev–Trinajstić information content (AvgIpc) is 2.53. The summed E-state index contributed by atoms with van der Waals surface area (Å²) in [6, 6.07) is 11.4. The van der Waals surface area contributed by atoms with Crippen LogP contribution in [0.4, 0.5) is 0 Å². The standard InChI is InChI=1S/C17H15Cl2NO2/c1-22-16-14(18)8-13(9-15(16)19)17(21)20-7-6-11-4-2-3-5-12(11)10-20/h2-5,8-9H,6-7,10H2,1H3. The number of hydrogen-bond acceptors (Lipinski definition) is 2. The van der Waals surface area contributed by atoms with Gasteiger partial charge in [0.05, 0.1) is 17.2 Å². The van der Waals surface area contributed by atoms with E-state index < -0.39 is 0 Å². The molecule has 0 saturated carbocycles. The molecule has 0 unspecified atom stereocenters. The molecule has 2 aromatic carbocycles. The summed E-state index contributed by atoms with van der Waals surface area (Å²) in [6.45, 7) is 1.30. The second kappa shape index (κ2) is 6.19. The molecule has 114 valence electrons. The van der Waals surface area contributed by atoms with Crippen molar-refractivity contribution in [1.82, 2.24) is 4.90 Å². The largest absolute Gasteiger partial charge is 0.494 e. The summed E-state index contributed by atoms with van der Waals surface area (Å²) in [5.41, 5.74) is 2.97. The van der Waals surface area contributed by atoms with Crippen molar-refractivity contribution in [3.05, 3.63) is 63.1 Å². The van der Waals surface area contributed by atoms with Crippen molar-refractivity contribution < 1.29 is 9.53 Å². The third kappa shape index (κ3) is 2.79. The Morgan fingerprint density at radius 2 is 1.77 bits per heavy atom. The number of methoxy groups -OCH3 is 1. The van der Waals surface area contributed by atoms with Gasteiger partial charge >= 0.3 is 0 Å². The number of ether oxygens (including phenoxy) is 1. The van der Waals surface area contributed by atoms with Crippen molar-refractivity contribution >= 4 is 29.1 Å². The Morgan fingerprint density at radius 1 is 1.14 bits per heavy atom. The Kier molecular flexibility index (Phi) is 4.27. The van der Waals surface area contributed by atoms with Crippen LogP contribution in [0.3, 0.4) is 0 Å². The van der Waals surface area contributed by atoms with Crippen LogP contribution >= 0.6 is 23.2 Å². The number of fused-ring (bicyclic) bond motifs is 1. The Balaban J connectivity index is 1.87. The van der Waals surface area contributed by atoms with E-state index in [0.29, 0.717) is 34.4 Å². The van der Waals surface area contributed by atoms with E-state index in [1.54, 1.807) is 12.1 Å². The van der Waals surface area contributed by atoms with Crippen LogP contribution in [-0.2, 0) is 13.0 Å². The van der Waals surface area contributed by atoms with Crippen molar-refractivity contribution in [2.75, 3.05) is 13.7 Å². The fraction of sp³-hybridized carbons (Fsp3) is 0.235. The third-order valence-electron chi connectivity index (χ3n) is 3.87. The first-order chi connectivity index (χ1) is 10.6. The highest BCUT2D eigenvalue weighted by atomic mass is 35.5. The summed E-state index contributed by atoms with van der Waals surface area (Å²) < 4.78 is 5.11. The molecule has 0 aromatic heterocycles. The number of hydrogen-bond donors (Lipinski definition) is 0. The maximum Gasteiger partial charge on any atom is 0.254 e. The van der Waals surface area contributed by atoms with Gasteiger partial charge in [-0.25, -0.2) is 0 Å². The second-order valence-electron chi connectivity index (χ2n) is 5.22. The Bertz CT molecular complexity index is 707. The molecule has 5 heteroatoms. The highest BCUT2D eigenvalue weighted by Gasteiger charge is 2.23. The van der Waals surface area contributed by atoms with Crippen molar-refractivity contribution in [3.63, 3.8) is 0 Å². The van der Waals surface area contributed by atoms with Crippen LogP contribution in [0.5, 0.6) is 5.75 Å². The molecule has 0 saturated heterocycles. The predicted octanol–water partition coefficient (Wildman–Crippen LogP) is 4.20. The molecule has 1 aliphatic rings. The van der Waals surface area contributed by atoms with Crippen LogP contribution in [0.15, 0.2) is 36.4 Å². The molecular formula is C17H15Cl2NO2. The van der Waals surface area contributed by atoms with Crippen LogP contribution in [0, 0.1) is 0 Å². The fourth-order valence-electron chi connectivity index (χ4n) is 2.73. The second-order valence-corrected chi connectivity index (χ2v) is 6.03. The average molecular weight is 336 g/mol. The molecule has 2 aromatic rings. The lowest BCUT2D eigenvalue weighted by molar-refractivity contribution is 0.0734. The van der Waals surface area contributed by atoms with Crippen molar-refractivity contribution in [2.45, 2.75) is 13.0 Å². The van der Waals surface area contributed by atoms with E-state index in [1.807, 2.05) is 17.0 Å². The summed E-state index contributed by atoms with van der Waals surface area (Å²) in [6.07, 6.45) is 0.861. The van der Waals surface area contributed by atoms with E-state index in [1.165, 1.54) is 18.2 Å². The van der Waals surface area contributed by atoms with Crippen LogP contribution in [0.25, 0.3) is 0 Å². The smallest absolute Gasteiger partial charge is 0.254 e. The zero-order valence-corrected chi connectivity index (χ0v) is 13.6. The van der Waals surface area contributed by atoms with E-state index in [4.69, 9.17) is 27.9 Å². The van der Waals surface area contributed by atoms with E-state index in [0.717, 1.165) is 6.42 Å². The number of carbonyl (C=O) groups excluding carboxylic acids is 1. The van der Waals surface area contributed by atoms with Gasteiger partial charge in [0.15, 0.2) is 5.75 Å². The highest BCUT2D eigenvalue weighted by molar-refractivity contribution is 6.37. The normalized spacial score (nSPS) is 13.7. The molecular weight excluding hydrogens is 321 g/mol. The summed E-state index contributed by atoms with van der Waals surface area (Å²) in [5, 5.41) is 0.687. The molecule has 3 nitrogen and oxygen atoms in total. The SMILES string of the molecule is COc1c(Cl)cc(C(=O)N2CCc3ccccc3C2)cc1Cl. The Morgan fingerprint density at radius 3 is 2.41 bits per heavy atom. The molecule has 1 aliphatic heterocycles. The van der Waals surface area contributed by atoms with Gasteiger partial charge < -0.3 is 9.64 Å². The van der Waals surface area contributed by atoms with E-state index in [2.05, 4.69) is 12.1 Å². The van der Waals surface area contributed by atoms with Gasteiger partial charge in [-0.3, -0.25) is 4.79 Å². The summed E-state index contributed by atoms with van der Waals surface area (Å²) in [5.74, 6) is 0.324. The molecule has 22 heavy (non-hydrogen) atoms. The number of carbonyl (C=O) groups is 1. The van der Waals surface area contributed by atoms with E-state index >= 15 is 0 Å². The number of halogens is 2. The van der Waals surface area contributed by atoms with Gasteiger partial charge in [0.25, 0.3) is 5.91 Å². The first-order valence-electron chi connectivity index (χ1n) is 6.99. The first kappa shape index (κ1) is 15.2. The Hall–Kier alpha value is -1.71. The van der Waals surface area contributed by atoms with Crippen LogP contribution in [-0.4, -0.2) is 24.5 Å². The number of benzene rings is 2. The molecule has 0 fully saturated rings. The van der Waals surface area contributed by atoms with Crippen molar-refractivity contribution in [3.8, 4) is 5.75 Å². The van der Waals surface area contributed by atoms with Crippen LogP contribution in [0.1, 0.15) is 21.5 Å². The van der Waals surface area contributed by atoms with Crippen LogP contribution in [0.2, 0.25) is 10.0 Å². The fourth-order valence-corrected chi connectivity index (χ4v) is 3.37. The molecule has 0 radical (unpaired) electrons. The summed E-state index contributed by atoms with van der Waals surface area (Å²) in [7, 11) is 1.50. The van der Waals surface area contributed by atoms with Gasteiger partial charge in [-0.1, -0.05) is 47.5 Å². The zero-order chi connectivity index (χ0) is 15.7. The molecule has 1 amide bonds. The quantitative estimate of drug-likeness (QED) is 0.823. The number of nitrogens with zero attached hydrogens (tertiary/aromatic N) is 1. The zero-order valence-electron chi connectivity index (χ0n) is 12.1. The molecule has 1 heterocycles. The minimum Gasteiger partial charge on any atom is -0.494 e. The minimum absolute atomic E-state index is 0.0686. The van der Waals surface area contributed by atoms with Gasteiger partial charge in [0.2, 0.25) is 0 Å². The maximum atomic E-state index is 12.7. The molecule has 0 spiro atoms.